The van der Waals surface area contributed by atoms with Crippen LogP contribution in [-0.2, 0) is 24.3 Å². The molecule has 1 aliphatic rings. The molecule has 42 heavy (non-hydrogen) atoms. The molecule has 3 heterocycles. The number of pyridine rings is 1. The summed E-state index contributed by atoms with van der Waals surface area (Å²) in [7, 11) is 0. The standard InChI is InChI=1S/C32H26F3N3O4/c1-18-2-3-22(25(34)12-18)17-42-31-24(33)7-9-27(37-31)20-5-4-19(26(35)13-20)15-30-36-28-8-6-21(32(39)40)14-29(28)38(30)16-23-10-11-41-23/h2-9,12-14,23H,10-11,15-17H2,1H3,(H,39,40)/t23-/m0/s1. The van der Waals surface area contributed by atoms with Crippen molar-refractivity contribution >= 4 is 17.0 Å². The molecule has 5 aromatic rings. The van der Waals surface area contributed by atoms with Crippen molar-refractivity contribution in [1.82, 2.24) is 14.5 Å². The number of carboxylic acid groups (broad SMARTS) is 1. The SMILES string of the molecule is Cc1ccc(COc2nc(-c3ccc(Cc4nc5ccc(C(=O)O)cc5n4C[C@@H]4CCO4)c(F)c3)ccc2F)c(F)c1. The van der Waals surface area contributed by atoms with E-state index >= 15 is 4.39 Å². The highest BCUT2D eigenvalue weighted by molar-refractivity contribution is 5.92. The molecular formula is C32H26F3N3O4. The summed E-state index contributed by atoms with van der Waals surface area (Å²) < 4.78 is 57.0. The molecule has 7 nitrogen and oxygen atoms in total. The summed E-state index contributed by atoms with van der Waals surface area (Å²) in [4.78, 5) is 20.4. The van der Waals surface area contributed by atoms with Crippen molar-refractivity contribution in [3.8, 4) is 17.1 Å². The highest BCUT2D eigenvalue weighted by Crippen LogP contribution is 2.28. The largest absolute Gasteiger partial charge is 0.478 e. The Morgan fingerprint density at radius 1 is 0.976 bits per heavy atom. The first-order valence-corrected chi connectivity index (χ1v) is 13.4. The monoisotopic (exact) mass is 573 g/mol. The topological polar surface area (TPSA) is 86.5 Å². The number of hydrogen-bond donors (Lipinski definition) is 1. The molecule has 0 saturated carbocycles. The summed E-state index contributed by atoms with van der Waals surface area (Å²) in [6.07, 6.45) is 1.01. The summed E-state index contributed by atoms with van der Waals surface area (Å²) >= 11 is 0. The maximum absolute atomic E-state index is 15.4. The first-order chi connectivity index (χ1) is 20.2. The summed E-state index contributed by atoms with van der Waals surface area (Å²) in [5.41, 5.74) is 3.48. The molecule has 1 aliphatic heterocycles. The molecule has 0 radical (unpaired) electrons. The fraction of sp³-hybridized carbons (Fsp3) is 0.219. The maximum atomic E-state index is 15.4. The summed E-state index contributed by atoms with van der Waals surface area (Å²) in [5.74, 6) is -2.46. The molecule has 1 fully saturated rings. The lowest BCUT2D eigenvalue weighted by Gasteiger charge is -2.27. The molecule has 0 aliphatic carbocycles. The van der Waals surface area contributed by atoms with Crippen LogP contribution in [0.15, 0.2) is 66.7 Å². The van der Waals surface area contributed by atoms with Crippen molar-refractivity contribution in [3.63, 3.8) is 0 Å². The molecule has 1 N–H and O–H groups in total. The number of aromatic carboxylic acids is 1. The number of rotatable bonds is 9. The van der Waals surface area contributed by atoms with E-state index in [1.165, 1.54) is 30.3 Å². The number of aromatic nitrogens is 3. The van der Waals surface area contributed by atoms with Gasteiger partial charge in [0, 0.05) is 24.2 Å². The highest BCUT2D eigenvalue weighted by Gasteiger charge is 2.23. The van der Waals surface area contributed by atoms with Gasteiger partial charge in [-0.25, -0.2) is 27.9 Å². The first kappa shape index (κ1) is 27.5. The van der Waals surface area contributed by atoms with Gasteiger partial charge < -0.3 is 19.1 Å². The van der Waals surface area contributed by atoms with Gasteiger partial charge in [0.05, 0.1) is 34.9 Å². The Kier molecular flexibility index (Phi) is 7.38. The number of ether oxygens (including phenoxy) is 2. The molecule has 0 unspecified atom stereocenters. The van der Waals surface area contributed by atoms with Gasteiger partial charge in [-0.1, -0.05) is 24.3 Å². The van der Waals surface area contributed by atoms with Gasteiger partial charge in [-0.05, 0) is 66.9 Å². The van der Waals surface area contributed by atoms with Gasteiger partial charge in [-0.3, -0.25) is 0 Å². The second-order valence-corrected chi connectivity index (χ2v) is 10.3. The molecule has 0 spiro atoms. The van der Waals surface area contributed by atoms with Crippen molar-refractivity contribution in [2.24, 2.45) is 0 Å². The first-order valence-electron chi connectivity index (χ1n) is 13.4. The van der Waals surface area contributed by atoms with Crippen LogP contribution in [0.25, 0.3) is 22.3 Å². The van der Waals surface area contributed by atoms with E-state index in [4.69, 9.17) is 9.47 Å². The highest BCUT2D eigenvalue weighted by atomic mass is 19.1. The van der Waals surface area contributed by atoms with Gasteiger partial charge in [0.1, 0.15) is 24.1 Å². The molecule has 6 rings (SSSR count). The van der Waals surface area contributed by atoms with Gasteiger partial charge >= 0.3 is 5.97 Å². The smallest absolute Gasteiger partial charge is 0.335 e. The van der Waals surface area contributed by atoms with Crippen LogP contribution in [0.1, 0.15) is 39.3 Å². The Morgan fingerprint density at radius 3 is 2.48 bits per heavy atom. The van der Waals surface area contributed by atoms with Crippen LogP contribution in [0.4, 0.5) is 13.2 Å². The van der Waals surface area contributed by atoms with E-state index in [0.717, 1.165) is 12.0 Å². The minimum Gasteiger partial charge on any atom is -0.478 e. The van der Waals surface area contributed by atoms with Crippen molar-refractivity contribution in [2.75, 3.05) is 6.61 Å². The zero-order valence-electron chi connectivity index (χ0n) is 22.6. The molecule has 1 atom stereocenters. The lowest BCUT2D eigenvalue weighted by Crippen LogP contribution is -2.31. The fourth-order valence-electron chi connectivity index (χ4n) is 4.90. The minimum absolute atomic E-state index is 0.0228. The minimum atomic E-state index is -1.04. The van der Waals surface area contributed by atoms with E-state index < -0.39 is 23.4 Å². The number of hydrogen-bond acceptors (Lipinski definition) is 5. The van der Waals surface area contributed by atoms with Crippen LogP contribution in [-0.4, -0.2) is 38.3 Å². The Balaban J connectivity index is 1.25. The number of aryl methyl sites for hydroxylation is 1. The second-order valence-electron chi connectivity index (χ2n) is 10.3. The van der Waals surface area contributed by atoms with E-state index in [-0.39, 0.29) is 41.8 Å². The number of nitrogens with zero attached hydrogens (tertiary/aromatic N) is 3. The normalized spacial score (nSPS) is 14.6. The predicted octanol–water partition coefficient (Wildman–Crippen LogP) is 6.48. The average molecular weight is 574 g/mol. The zero-order valence-corrected chi connectivity index (χ0v) is 22.6. The van der Waals surface area contributed by atoms with Crippen molar-refractivity contribution < 1.29 is 32.5 Å². The number of fused-ring (bicyclic) bond motifs is 1. The van der Waals surface area contributed by atoms with Crippen molar-refractivity contribution in [2.45, 2.75) is 39.0 Å². The lowest BCUT2D eigenvalue weighted by molar-refractivity contribution is -0.0589. The number of carbonyl (C=O) groups is 1. The van der Waals surface area contributed by atoms with E-state index in [2.05, 4.69) is 9.97 Å². The third kappa shape index (κ3) is 5.58. The third-order valence-electron chi connectivity index (χ3n) is 7.34. The Hall–Kier alpha value is -4.70. The average Bonchev–Trinajstić information content (AvgIpc) is 3.28. The second kappa shape index (κ2) is 11.3. The van der Waals surface area contributed by atoms with Crippen LogP contribution >= 0.6 is 0 Å². The van der Waals surface area contributed by atoms with Gasteiger partial charge in [0.15, 0.2) is 5.82 Å². The quantitative estimate of drug-likeness (QED) is 0.217. The third-order valence-corrected chi connectivity index (χ3v) is 7.34. The van der Waals surface area contributed by atoms with Crippen LogP contribution in [0.5, 0.6) is 5.88 Å². The molecule has 3 aromatic carbocycles. The molecule has 1 saturated heterocycles. The number of halogens is 3. The molecule has 214 valence electrons. The number of carboxylic acids is 1. The van der Waals surface area contributed by atoms with E-state index in [0.29, 0.717) is 41.1 Å². The number of imidazole rings is 1. The lowest BCUT2D eigenvalue weighted by atomic mass is 10.0. The van der Waals surface area contributed by atoms with E-state index in [1.54, 1.807) is 43.3 Å². The van der Waals surface area contributed by atoms with E-state index in [9.17, 15) is 18.7 Å². The Morgan fingerprint density at radius 2 is 1.76 bits per heavy atom. The molecular weight excluding hydrogens is 547 g/mol. The van der Waals surface area contributed by atoms with Gasteiger partial charge in [-0.2, -0.15) is 0 Å². The maximum Gasteiger partial charge on any atom is 0.335 e. The summed E-state index contributed by atoms with van der Waals surface area (Å²) in [6, 6.07) is 16.6. The zero-order chi connectivity index (χ0) is 29.4. The predicted molar refractivity (Wildman–Crippen MR) is 149 cm³/mol. The van der Waals surface area contributed by atoms with Crippen LogP contribution in [0.2, 0.25) is 0 Å². The Bertz CT molecular complexity index is 1820. The van der Waals surface area contributed by atoms with Crippen molar-refractivity contribution in [1.29, 1.82) is 0 Å². The molecule has 2 aromatic heterocycles. The molecule has 10 heteroatoms. The van der Waals surface area contributed by atoms with Gasteiger partial charge in [-0.15, -0.1) is 0 Å². The van der Waals surface area contributed by atoms with Gasteiger partial charge in [0.25, 0.3) is 5.88 Å². The summed E-state index contributed by atoms with van der Waals surface area (Å²) in [6.45, 7) is 2.69. The fourth-order valence-corrected chi connectivity index (χ4v) is 4.90. The molecule has 0 amide bonds. The van der Waals surface area contributed by atoms with Crippen LogP contribution in [0, 0.1) is 24.4 Å². The van der Waals surface area contributed by atoms with E-state index in [1.807, 2.05) is 4.57 Å². The van der Waals surface area contributed by atoms with Gasteiger partial charge in [0.2, 0.25) is 0 Å². The van der Waals surface area contributed by atoms with Crippen molar-refractivity contribution in [3.05, 3.63) is 112 Å². The van der Waals surface area contributed by atoms with Crippen LogP contribution < -0.4 is 4.74 Å². The molecule has 0 bridgehead atoms. The Labute approximate surface area is 239 Å². The van der Waals surface area contributed by atoms with Crippen LogP contribution in [0.3, 0.4) is 0 Å². The number of benzene rings is 3. The summed E-state index contributed by atoms with van der Waals surface area (Å²) in [5, 5.41) is 9.45.